The number of hydrogen-bond acceptors (Lipinski definition) is 3. The standard InChI is InChI=1S/C13H23N3O/c1-12(2,3)16-9-11(8-15-16)7-13(17)5-4-6-14-10-13/h8-9,14,17H,4-7,10H2,1-3H3. The predicted molar refractivity (Wildman–Crippen MR) is 68.0 cm³/mol. The van der Waals surface area contributed by atoms with Gasteiger partial charge in [0.2, 0.25) is 0 Å². The molecule has 1 aliphatic heterocycles. The van der Waals surface area contributed by atoms with Crippen molar-refractivity contribution in [3.05, 3.63) is 18.0 Å². The molecule has 0 radical (unpaired) electrons. The third kappa shape index (κ3) is 3.07. The summed E-state index contributed by atoms with van der Waals surface area (Å²) in [6.07, 6.45) is 6.53. The largest absolute Gasteiger partial charge is 0.388 e. The van der Waals surface area contributed by atoms with Crippen molar-refractivity contribution in [2.24, 2.45) is 0 Å². The van der Waals surface area contributed by atoms with E-state index >= 15 is 0 Å². The van der Waals surface area contributed by atoms with Crippen LogP contribution in [-0.2, 0) is 12.0 Å². The molecule has 1 aromatic rings. The van der Waals surface area contributed by atoms with Gasteiger partial charge >= 0.3 is 0 Å². The van der Waals surface area contributed by atoms with Crippen LogP contribution < -0.4 is 5.32 Å². The van der Waals surface area contributed by atoms with Crippen molar-refractivity contribution in [2.45, 2.75) is 51.2 Å². The van der Waals surface area contributed by atoms with Crippen molar-refractivity contribution in [3.63, 3.8) is 0 Å². The smallest absolute Gasteiger partial charge is 0.0813 e. The molecule has 2 rings (SSSR count). The van der Waals surface area contributed by atoms with E-state index in [-0.39, 0.29) is 5.54 Å². The maximum Gasteiger partial charge on any atom is 0.0813 e. The number of piperidine rings is 1. The summed E-state index contributed by atoms with van der Waals surface area (Å²) in [7, 11) is 0. The number of hydrogen-bond donors (Lipinski definition) is 2. The average molecular weight is 237 g/mol. The third-order valence-corrected chi connectivity index (χ3v) is 3.31. The van der Waals surface area contributed by atoms with Crippen molar-refractivity contribution in [2.75, 3.05) is 13.1 Å². The van der Waals surface area contributed by atoms with Gasteiger partial charge in [0.25, 0.3) is 0 Å². The summed E-state index contributed by atoms with van der Waals surface area (Å²) in [6, 6.07) is 0. The van der Waals surface area contributed by atoms with E-state index in [9.17, 15) is 5.11 Å². The fourth-order valence-corrected chi connectivity index (χ4v) is 2.30. The zero-order valence-electron chi connectivity index (χ0n) is 11.0. The Morgan fingerprint density at radius 3 is 2.82 bits per heavy atom. The van der Waals surface area contributed by atoms with Gasteiger partial charge in [0.1, 0.15) is 0 Å². The van der Waals surface area contributed by atoms with Gasteiger partial charge in [-0.05, 0) is 45.7 Å². The van der Waals surface area contributed by atoms with Crippen LogP contribution in [0.15, 0.2) is 12.4 Å². The van der Waals surface area contributed by atoms with Gasteiger partial charge in [-0.2, -0.15) is 5.10 Å². The Morgan fingerprint density at radius 2 is 2.29 bits per heavy atom. The van der Waals surface area contributed by atoms with Gasteiger partial charge in [0, 0.05) is 19.2 Å². The molecule has 0 saturated carbocycles. The zero-order valence-corrected chi connectivity index (χ0v) is 11.0. The maximum atomic E-state index is 10.4. The number of nitrogens with one attached hydrogen (secondary N) is 1. The van der Waals surface area contributed by atoms with Crippen molar-refractivity contribution >= 4 is 0 Å². The first kappa shape index (κ1) is 12.6. The number of aliphatic hydroxyl groups is 1. The van der Waals surface area contributed by atoms with Crippen LogP contribution in [0.25, 0.3) is 0 Å². The summed E-state index contributed by atoms with van der Waals surface area (Å²) in [5.41, 5.74) is 0.529. The van der Waals surface area contributed by atoms with E-state index in [0.29, 0.717) is 13.0 Å². The Hall–Kier alpha value is -0.870. The molecule has 4 heteroatoms. The summed E-state index contributed by atoms with van der Waals surface area (Å²) >= 11 is 0. The van der Waals surface area contributed by atoms with Crippen molar-refractivity contribution in [1.29, 1.82) is 0 Å². The quantitative estimate of drug-likeness (QED) is 0.815. The Bertz CT molecular complexity index is 372. The lowest BCUT2D eigenvalue weighted by Gasteiger charge is -2.32. The summed E-state index contributed by atoms with van der Waals surface area (Å²) in [6.45, 7) is 8.08. The Morgan fingerprint density at radius 1 is 1.53 bits per heavy atom. The molecule has 0 aliphatic carbocycles. The lowest BCUT2D eigenvalue weighted by atomic mass is 9.88. The molecule has 2 N–H and O–H groups in total. The van der Waals surface area contributed by atoms with Gasteiger partial charge < -0.3 is 10.4 Å². The Balaban J connectivity index is 2.06. The van der Waals surface area contributed by atoms with Crippen LogP contribution in [0.4, 0.5) is 0 Å². The van der Waals surface area contributed by atoms with Crippen LogP contribution >= 0.6 is 0 Å². The van der Waals surface area contributed by atoms with E-state index in [1.165, 1.54) is 0 Å². The molecule has 0 amide bonds. The highest BCUT2D eigenvalue weighted by molar-refractivity contribution is 5.10. The van der Waals surface area contributed by atoms with E-state index < -0.39 is 5.60 Å². The van der Waals surface area contributed by atoms with E-state index in [2.05, 4.69) is 31.2 Å². The first-order valence-corrected chi connectivity index (χ1v) is 6.36. The van der Waals surface area contributed by atoms with E-state index in [0.717, 1.165) is 24.9 Å². The molecule has 1 aromatic heterocycles. The fourth-order valence-electron chi connectivity index (χ4n) is 2.30. The average Bonchev–Trinajstić information content (AvgIpc) is 2.66. The molecule has 0 aromatic carbocycles. The van der Waals surface area contributed by atoms with Gasteiger partial charge in [0.15, 0.2) is 0 Å². The summed E-state index contributed by atoms with van der Waals surface area (Å²) in [5, 5.41) is 18.1. The Labute approximate surface area is 103 Å². The molecular weight excluding hydrogens is 214 g/mol. The molecule has 0 bridgehead atoms. The second-order valence-electron chi connectivity index (χ2n) is 6.15. The van der Waals surface area contributed by atoms with E-state index in [1.54, 1.807) is 0 Å². The lowest BCUT2D eigenvalue weighted by Crippen LogP contribution is -2.47. The molecule has 1 saturated heterocycles. The highest BCUT2D eigenvalue weighted by Crippen LogP contribution is 2.22. The van der Waals surface area contributed by atoms with Gasteiger partial charge in [-0.1, -0.05) is 0 Å². The first-order valence-electron chi connectivity index (χ1n) is 6.36. The Kier molecular flexibility index (Phi) is 3.27. The summed E-state index contributed by atoms with van der Waals surface area (Å²) in [5.74, 6) is 0. The molecule has 17 heavy (non-hydrogen) atoms. The van der Waals surface area contributed by atoms with Crippen LogP contribution in [-0.4, -0.2) is 33.6 Å². The molecule has 1 atom stereocenters. The maximum absolute atomic E-state index is 10.4. The molecule has 1 fully saturated rings. The molecule has 0 spiro atoms. The van der Waals surface area contributed by atoms with E-state index in [1.807, 2.05) is 17.1 Å². The van der Waals surface area contributed by atoms with Crippen LogP contribution in [0.2, 0.25) is 0 Å². The molecule has 4 nitrogen and oxygen atoms in total. The third-order valence-electron chi connectivity index (χ3n) is 3.31. The minimum atomic E-state index is -0.593. The van der Waals surface area contributed by atoms with Crippen molar-refractivity contribution in [3.8, 4) is 0 Å². The first-order chi connectivity index (χ1) is 7.89. The van der Waals surface area contributed by atoms with Crippen LogP contribution in [0.1, 0.15) is 39.2 Å². The number of β-amino-alcohol motifs (C(OH)–C–C–N with tert-alkyl or cyclic N) is 1. The van der Waals surface area contributed by atoms with Gasteiger partial charge in [-0.15, -0.1) is 0 Å². The van der Waals surface area contributed by atoms with Gasteiger partial charge in [0.05, 0.1) is 17.3 Å². The molecule has 96 valence electrons. The molecular formula is C13H23N3O. The van der Waals surface area contributed by atoms with Gasteiger partial charge in [-0.25, -0.2) is 0 Å². The number of rotatable bonds is 2. The topological polar surface area (TPSA) is 50.1 Å². The van der Waals surface area contributed by atoms with Gasteiger partial charge in [-0.3, -0.25) is 4.68 Å². The fraction of sp³-hybridized carbons (Fsp3) is 0.769. The zero-order chi connectivity index (χ0) is 12.5. The minimum absolute atomic E-state index is 0.00564. The lowest BCUT2D eigenvalue weighted by molar-refractivity contribution is 0.0169. The SMILES string of the molecule is CC(C)(C)n1cc(CC2(O)CCCNC2)cn1. The van der Waals surface area contributed by atoms with Crippen molar-refractivity contribution < 1.29 is 5.11 Å². The predicted octanol–water partition coefficient (Wildman–Crippen LogP) is 1.30. The molecule has 2 heterocycles. The number of aromatic nitrogens is 2. The minimum Gasteiger partial charge on any atom is -0.388 e. The highest BCUT2D eigenvalue weighted by atomic mass is 16.3. The second kappa shape index (κ2) is 4.42. The number of nitrogens with zero attached hydrogens (tertiary/aromatic N) is 2. The van der Waals surface area contributed by atoms with Crippen molar-refractivity contribution in [1.82, 2.24) is 15.1 Å². The van der Waals surface area contributed by atoms with Crippen LogP contribution in [0, 0.1) is 0 Å². The molecule has 1 unspecified atom stereocenters. The summed E-state index contributed by atoms with van der Waals surface area (Å²) in [4.78, 5) is 0. The van der Waals surface area contributed by atoms with E-state index in [4.69, 9.17) is 0 Å². The summed E-state index contributed by atoms with van der Waals surface area (Å²) < 4.78 is 1.96. The normalized spacial score (nSPS) is 26.1. The van der Waals surface area contributed by atoms with Crippen LogP contribution in [0.3, 0.4) is 0 Å². The highest BCUT2D eigenvalue weighted by Gasteiger charge is 2.30. The monoisotopic (exact) mass is 237 g/mol. The molecule has 1 aliphatic rings. The second-order valence-corrected chi connectivity index (χ2v) is 6.15. The van der Waals surface area contributed by atoms with Crippen LogP contribution in [0.5, 0.6) is 0 Å².